The molecule has 0 unspecified atom stereocenters. The van der Waals surface area contributed by atoms with Crippen molar-refractivity contribution in [2.75, 3.05) is 26.2 Å². The number of aromatic nitrogens is 1. The second-order valence-electron chi connectivity index (χ2n) is 10.2. The average Bonchev–Trinajstić information content (AvgIpc) is 3.22. The van der Waals surface area contributed by atoms with Gasteiger partial charge in [0, 0.05) is 18.1 Å². The minimum atomic E-state index is -0.315. The summed E-state index contributed by atoms with van der Waals surface area (Å²) in [6.07, 6.45) is 1.87. The zero-order valence-electron chi connectivity index (χ0n) is 22.2. The van der Waals surface area contributed by atoms with E-state index in [4.69, 9.17) is 20.9 Å². The van der Waals surface area contributed by atoms with Crippen LogP contribution < -0.4 is 15.4 Å². The van der Waals surface area contributed by atoms with E-state index in [0.29, 0.717) is 65.7 Å². The first-order chi connectivity index (χ1) is 17.6. The highest BCUT2D eigenvalue weighted by Gasteiger charge is 2.28. The first kappa shape index (κ1) is 28.5. The van der Waals surface area contributed by atoms with Crippen molar-refractivity contribution in [2.45, 2.75) is 65.8 Å². The monoisotopic (exact) mass is 532 g/mol. The van der Waals surface area contributed by atoms with Crippen molar-refractivity contribution in [2.24, 2.45) is 5.92 Å². The molecular formula is C27H37ClN4O5. The molecule has 0 saturated heterocycles. The Morgan fingerprint density at radius 2 is 1.97 bits per heavy atom. The van der Waals surface area contributed by atoms with Crippen molar-refractivity contribution >= 4 is 29.3 Å². The lowest BCUT2D eigenvalue weighted by Crippen LogP contribution is -2.47. The van der Waals surface area contributed by atoms with Crippen LogP contribution in [0.2, 0.25) is 5.02 Å². The molecule has 2 aromatic rings. The summed E-state index contributed by atoms with van der Waals surface area (Å²) < 4.78 is 11.3. The van der Waals surface area contributed by atoms with Gasteiger partial charge in [-0.2, -0.15) is 0 Å². The number of amides is 3. The van der Waals surface area contributed by atoms with Crippen LogP contribution in [0.4, 0.5) is 0 Å². The van der Waals surface area contributed by atoms with Gasteiger partial charge in [-0.1, -0.05) is 44.5 Å². The lowest BCUT2D eigenvalue weighted by molar-refractivity contribution is -0.122. The van der Waals surface area contributed by atoms with Crippen LogP contribution in [0.3, 0.4) is 0 Å². The van der Waals surface area contributed by atoms with Crippen LogP contribution in [-0.2, 0) is 4.79 Å². The summed E-state index contributed by atoms with van der Waals surface area (Å²) in [5.41, 5.74) is 1.33. The molecule has 1 aliphatic heterocycles. The zero-order valence-corrected chi connectivity index (χ0v) is 23.0. The number of ether oxygens (including phenoxy) is 1. The molecule has 0 bridgehead atoms. The summed E-state index contributed by atoms with van der Waals surface area (Å²) in [5, 5.41) is 10.4. The lowest BCUT2D eigenvalue weighted by Gasteiger charge is -2.25. The number of benzene rings is 1. The third kappa shape index (κ3) is 7.71. The van der Waals surface area contributed by atoms with Gasteiger partial charge in [0.05, 0.1) is 23.8 Å². The largest absolute Gasteiger partial charge is 0.491 e. The molecule has 37 heavy (non-hydrogen) atoms. The number of nitrogens with zero attached hydrogens (tertiary/aromatic N) is 2. The summed E-state index contributed by atoms with van der Waals surface area (Å²) in [6.45, 7) is 10.5. The summed E-state index contributed by atoms with van der Waals surface area (Å²) >= 11 is 6.14. The molecule has 0 fully saturated rings. The Balaban J connectivity index is 1.87. The van der Waals surface area contributed by atoms with E-state index in [-0.39, 0.29) is 48.8 Å². The van der Waals surface area contributed by atoms with Crippen LogP contribution in [0.15, 0.2) is 22.7 Å². The highest BCUT2D eigenvalue weighted by Crippen LogP contribution is 2.25. The van der Waals surface area contributed by atoms with E-state index >= 15 is 0 Å². The lowest BCUT2D eigenvalue weighted by atomic mass is 10.0. The Morgan fingerprint density at radius 1 is 1.22 bits per heavy atom. The van der Waals surface area contributed by atoms with Gasteiger partial charge >= 0.3 is 0 Å². The summed E-state index contributed by atoms with van der Waals surface area (Å²) in [4.78, 5) is 41.1. The first-order valence-electron chi connectivity index (χ1n) is 12.8. The summed E-state index contributed by atoms with van der Waals surface area (Å²) in [7, 11) is 0. The van der Waals surface area contributed by atoms with E-state index in [9.17, 15) is 14.4 Å². The molecule has 3 rings (SSSR count). The van der Waals surface area contributed by atoms with E-state index in [1.165, 1.54) is 4.90 Å². The molecule has 9 nitrogen and oxygen atoms in total. The predicted octanol–water partition coefficient (Wildman–Crippen LogP) is 4.34. The van der Waals surface area contributed by atoms with Gasteiger partial charge in [0.15, 0.2) is 0 Å². The Morgan fingerprint density at radius 3 is 2.68 bits per heavy atom. The minimum absolute atomic E-state index is 0.00777. The van der Waals surface area contributed by atoms with Crippen LogP contribution in [0.5, 0.6) is 5.75 Å². The van der Waals surface area contributed by atoms with Crippen LogP contribution >= 0.6 is 11.6 Å². The smallest absolute Gasteiger partial charge is 0.259 e. The van der Waals surface area contributed by atoms with E-state index < -0.39 is 0 Å². The maximum absolute atomic E-state index is 13.6. The van der Waals surface area contributed by atoms with Gasteiger partial charge in [0.1, 0.15) is 23.7 Å². The number of rotatable bonds is 4. The van der Waals surface area contributed by atoms with Crippen LogP contribution in [0, 0.1) is 12.8 Å². The molecule has 1 aliphatic rings. The number of carbonyl (C=O) groups excluding carboxylic acids is 3. The SMILES string of the molecule is Cc1onc(C(C)C)c1C(=O)N1CCCCNC(=O)c2cc(Cl)ccc2OC[C@@H](CC(C)C)NC(=O)C1. The second-order valence-corrected chi connectivity index (χ2v) is 10.6. The molecule has 2 heterocycles. The van der Waals surface area contributed by atoms with Crippen LogP contribution in [0.1, 0.15) is 85.0 Å². The number of carbonyl (C=O) groups is 3. The van der Waals surface area contributed by atoms with Gasteiger partial charge in [-0.15, -0.1) is 0 Å². The molecule has 0 aliphatic carbocycles. The van der Waals surface area contributed by atoms with Crippen molar-refractivity contribution in [1.82, 2.24) is 20.7 Å². The molecule has 3 amide bonds. The molecular weight excluding hydrogens is 496 g/mol. The maximum atomic E-state index is 13.6. The van der Waals surface area contributed by atoms with Gasteiger partial charge in [-0.05, 0) is 56.2 Å². The molecule has 202 valence electrons. The molecule has 0 saturated carbocycles. The fraction of sp³-hybridized carbons (Fsp3) is 0.556. The van der Waals surface area contributed by atoms with E-state index in [0.717, 1.165) is 0 Å². The van der Waals surface area contributed by atoms with E-state index in [2.05, 4.69) is 29.6 Å². The number of nitrogens with one attached hydrogen (secondary N) is 2. The zero-order chi connectivity index (χ0) is 27.1. The standard InChI is InChI=1S/C27H37ClN4O5/c1-16(2)12-20-15-36-22-9-8-19(28)13-21(22)26(34)29-10-6-7-11-32(14-23(33)30-20)27(35)24-18(5)37-31-25(24)17(3)4/h8-9,13,16-17,20H,6-7,10-12,14-15H2,1-5H3,(H,29,34)(H,30,33)/t20-/m1/s1. The number of aryl methyl sites for hydroxylation is 1. The molecule has 2 N–H and O–H groups in total. The number of hydrogen-bond acceptors (Lipinski definition) is 6. The van der Waals surface area contributed by atoms with Crippen molar-refractivity contribution in [3.8, 4) is 5.75 Å². The second kappa shape index (κ2) is 12.9. The third-order valence-corrected chi connectivity index (χ3v) is 6.39. The molecule has 1 aromatic carbocycles. The topological polar surface area (TPSA) is 114 Å². The average molecular weight is 533 g/mol. The Bertz CT molecular complexity index is 1110. The van der Waals surface area contributed by atoms with Crippen molar-refractivity contribution in [3.63, 3.8) is 0 Å². The molecule has 1 aromatic heterocycles. The minimum Gasteiger partial charge on any atom is -0.491 e. The van der Waals surface area contributed by atoms with Gasteiger partial charge in [-0.25, -0.2) is 0 Å². The van der Waals surface area contributed by atoms with Crippen molar-refractivity contribution in [3.05, 3.63) is 45.8 Å². The van der Waals surface area contributed by atoms with Crippen LogP contribution in [-0.4, -0.2) is 60.1 Å². The summed E-state index contributed by atoms with van der Waals surface area (Å²) in [5.74, 6) is 0.265. The Kier molecular flexibility index (Phi) is 9.97. The maximum Gasteiger partial charge on any atom is 0.259 e. The van der Waals surface area contributed by atoms with E-state index in [1.54, 1.807) is 25.1 Å². The number of halogens is 1. The van der Waals surface area contributed by atoms with Gasteiger partial charge < -0.3 is 24.8 Å². The molecule has 10 heteroatoms. The van der Waals surface area contributed by atoms with Gasteiger partial charge in [0.2, 0.25) is 5.91 Å². The Labute approximate surface area is 223 Å². The highest BCUT2D eigenvalue weighted by molar-refractivity contribution is 6.31. The van der Waals surface area contributed by atoms with Crippen LogP contribution in [0.25, 0.3) is 0 Å². The molecule has 0 spiro atoms. The number of hydrogen-bond donors (Lipinski definition) is 2. The van der Waals surface area contributed by atoms with E-state index in [1.807, 2.05) is 13.8 Å². The first-order valence-corrected chi connectivity index (χ1v) is 13.2. The van der Waals surface area contributed by atoms with Crippen molar-refractivity contribution in [1.29, 1.82) is 0 Å². The summed E-state index contributed by atoms with van der Waals surface area (Å²) in [6, 6.07) is 4.59. The van der Waals surface area contributed by atoms with Gasteiger partial charge in [-0.3, -0.25) is 14.4 Å². The Hall–Kier alpha value is -3.07. The highest BCUT2D eigenvalue weighted by atomic mass is 35.5. The van der Waals surface area contributed by atoms with Gasteiger partial charge in [0.25, 0.3) is 11.8 Å². The molecule has 1 atom stereocenters. The van der Waals surface area contributed by atoms with Crippen molar-refractivity contribution < 1.29 is 23.6 Å². The predicted molar refractivity (Wildman–Crippen MR) is 141 cm³/mol. The normalized spacial score (nSPS) is 17.9. The fourth-order valence-electron chi connectivity index (χ4n) is 4.36. The third-order valence-electron chi connectivity index (χ3n) is 6.16. The molecule has 0 radical (unpaired) electrons. The number of fused-ring (bicyclic) bond motifs is 1. The fourth-order valence-corrected chi connectivity index (χ4v) is 4.53. The quantitative estimate of drug-likeness (QED) is 0.605.